The number of nitrogens with zero attached hydrogens (tertiary/aromatic N) is 3. The van der Waals surface area contributed by atoms with Gasteiger partial charge in [-0.15, -0.1) is 0 Å². The van der Waals surface area contributed by atoms with Crippen LogP contribution in [0, 0.1) is 0 Å². The zero-order valence-corrected chi connectivity index (χ0v) is 11.6. The van der Waals surface area contributed by atoms with Crippen molar-refractivity contribution >= 4 is 5.91 Å². The van der Waals surface area contributed by atoms with Crippen LogP contribution >= 0.6 is 0 Å². The molecule has 6 nitrogen and oxygen atoms in total. The number of hydrogen-bond donors (Lipinski definition) is 0. The molecule has 0 saturated carbocycles. The van der Waals surface area contributed by atoms with Crippen molar-refractivity contribution in [1.82, 2.24) is 14.9 Å². The Labute approximate surface area is 122 Å². The zero-order valence-electron chi connectivity index (χ0n) is 11.6. The quantitative estimate of drug-likeness (QED) is 0.849. The fourth-order valence-electron chi connectivity index (χ4n) is 2.17. The Kier molecular flexibility index (Phi) is 3.68. The molecule has 2 aromatic rings. The molecule has 2 aromatic heterocycles. The van der Waals surface area contributed by atoms with Crippen molar-refractivity contribution in [2.45, 2.75) is 6.10 Å². The van der Waals surface area contributed by atoms with Gasteiger partial charge >= 0.3 is 0 Å². The highest BCUT2D eigenvalue weighted by Gasteiger charge is 2.34. The number of amides is 1. The Morgan fingerprint density at radius 2 is 2.10 bits per heavy atom. The third-order valence-corrected chi connectivity index (χ3v) is 3.27. The molecule has 1 fully saturated rings. The lowest BCUT2D eigenvalue weighted by atomic mass is 10.1. The summed E-state index contributed by atoms with van der Waals surface area (Å²) < 4.78 is 10.8. The number of ether oxygens (including phenoxy) is 2. The second kappa shape index (κ2) is 5.78. The van der Waals surface area contributed by atoms with Crippen molar-refractivity contribution in [3.05, 3.63) is 48.4 Å². The molecule has 0 spiro atoms. The highest BCUT2D eigenvalue weighted by molar-refractivity contribution is 5.96. The molecule has 1 aliphatic heterocycles. The number of likely N-dealkylation sites (tertiary alicyclic amines) is 1. The molecule has 0 aromatic carbocycles. The summed E-state index contributed by atoms with van der Waals surface area (Å²) in [6.45, 7) is 1.09. The molecule has 21 heavy (non-hydrogen) atoms. The lowest BCUT2D eigenvalue weighted by molar-refractivity contribution is 0.0174. The van der Waals surface area contributed by atoms with Crippen molar-refractivity contribution in [3.63, 3.8) is 0 Å². The van der Waals surface area contributed by atoms with E-state index in [9.17, 15) is 4.79 Å². The molecule has 0 atom stereocenters. The molecule has 0 aliphatic carbocycles. The van der Waals surface area contributed by atoms with Gasteiger partial charge in [0.15, 0.2) is 0 Å². The largest absolute Gasteiger partial charge is 0.485 e. The first-order valence-corrected chi connectivity index (χ1v) is 6.63. The molecule has 1 saturated heterocycles. The van der Waals surface area contributed by atoms with E-state index in [1.165, 1.54) is 7.11 Å². The van der Waals surface area contributed by atoms with Gasteiger partial charge in [0.25, 0.3) is 5.91 Å². The van der Waals surface area contributed by atoms with E-state index in [-0.39, 0.29) is 12.0 Å². The Morgan fingerprint density at radius 3 is 2.81 bits per heavy atom. The number of aromatic nitrogens is 2. The van der Waals surface area contributed by atoms with Gasteiger partial charge in [0.2, 0.25) is 5.88 Å². The maximum atomic E-state index is 12.3. The van der Waals surface area contributed by atoms with Gasteiger partial charge in [-0.05, 0) is 24.3 Å². The van der Waals surface area contributed by atoms with Crippen LogP contribution in [0.4, 0.5) is 0 Å². The van der Waals surface area contributed by atoms with Crippen molar-refractivity contribution in [3.8, 4) is 11.6 Å². The smallest absolute Gasteiger partial charge is 0.259 e. The average Bonchev–Trinajstić information content (AvgIpc) is 2.51. The summed E-state index contributed by atoms with van der Waals surface area (Å²) in [7, 11) is 1.50. The fraction of sp³-hybridized carbons (Fsp3) is 0.267. The van der Waals surface area contributed by atoms with Gasteiger partial charge in [0.1, 0.15) is 17.4 Å². The molecular formula is C15H15N3O3. The summed E-state index contributed by atoms with van der Waals surface area (Å²) in [6.07, 6.45) is 4.95. The fourth-order valence-corrected chi connectivity index (χ4v) is 2.17. The predicted octanol–water partition coefficient (Wildman–Crippen LogP) is 1.39. The molecule has 0 unspecified atom stereocenters. The van der Waals surface area contributed by atoms with Crippen LogP contribution in [0.15, 0.2) is 42.9 Å². The van der Waals surface area contributed by atoms with Gasteiger partial charge in [-0.25, -0.2) is 4.98 Å². The minimum atomic E-state index is -0.0917. The zero-order chi connectivity index (χ0) is 14.7. The molecular weight excluding hydrogens is 270 g/mol. The van der Waals surface area contributed by atoms with Crippen LogP contribution in [-0.2, 0) is 0 Å². The summed E-state index contributed by atoms with van der Waals surface area (Å²) in [6, 6.07) is 7.10. The minimum Gasteiger partial charge on any atom is -0.485 e. The van der Waals surface area contributed by atoms with Crippen LogP contribution in [0.2, 0.25) is 0 Å². The Bertz CT molecular complexity index is 627. The summed E-state index contributed by atoms with van der Waals surface area (Å²) >= 11 is 0. The van der Waals surface area contributed by atoms with E-state index in [0.717, 1.165) is 0 Å². The molecule has 3 heterocycles. The maximum absolute atomic E-state index is 12.3. The summed E-state index contributed by atoms with van der Waals surface area (Å²) in [5.74, 6) is 0.971. The van der Waals surface area contributed by atoms with E-state index < -0.39 is 0 Å². The minimum absolute atomic E-state index is 0.000756. The monoisotopic (exact) mass is 285 g/mol. The second-order valence-corrected chi connectivity index (χ2v) is 4.70. The molecule has 0 bridgehead atoms. The standard InChI is InChI=1S/C15H15N3O3/c1-20-14-13(5-3-7-17-14)15(19)18-9-12(10-18)21-11-4-2-6-16-8-11/h2-8,12H,9-10H2,1H3. The van der Waals surface area contributed by atoms with Crippen molar-refractivity contribution in [2.24, 2.45) is 0 Å². The second-order valence-electron chi connectivity index (χ2n) is 4.70. The molecule has 3 rings (SSSR count). The Hall–Kier alpha value is -2.63. The SMILES string of the molecule is COc1ncccc1C(=O)N1CC(Oc2cccnc2)C1. The number of pyridine rings is 2. The summed E-state index contributed by atoms with van der Waals surface area (Å²) in [4.78, 5) is 22.1. The Balaban J connectivity index is 1.60. The summed E-state index contributed by atoms with van der Waals surface area (Å²) in [5.41, 5.74) is 0.472. The molecule has 1 aliphatic rings. The first-order chi connectivity index (χ1) is 10.3. The molecule has 0 radical (unpaired) electrons. The van der Waals surface area contributed by atoms with E-state index in [1.54, 1.807) is 35.6 Å². The van der Waals surface area contributed by atoms with E-state index in [0.29, 0.717) is 30.3 Å². The molecule has 0 N–H and O–H groups in total. The number of carbonyl (C=O) groups is 1. The molecule has 1 amide bonds. The highest BCUT2D eigenvalue weighted by atomic mass is 16.5. The molecule has 108 valence electrons. The van der Waals surface area contributed by atoms with Gasteiger partial charge in [-0.3, -0.25) is 9.78 Å². The van der Waals surface area contributed by atoms with E-state index in [2.05, 4.69) is 9.97 Å². The lowest BCUT2D eigenvalue weighted by Gasteiger charge is -2.38. The normalized spacial score (nSPS) is 14.4. The van der Waals surface area contributed by atoms with Crippen LogP contribution in [-0.4, -0.2) is 47.1 Å². The van der Waals surface area contributed by atoms with Gasteiger partial charge in [0.05, 0.1) is 26.4 Å². The predicted molar refractivity (Wildman–Crippen MR) is 75.3 cm³/mol. The van der Waals surface area contributed by atoms with Gasteiger partial charge in [-0.1, -0.05) is 0 Å². The molecule has 6 heteroatoms. The number of methoxy groups -OCH3 is 1. The van der Waals surface area contributed by atoms with E-state index in [4.69, 9.17) is 9.47 Å². The third-order valence-electron chi connectivity index (χ3n) is 3.27. The number of rotatable bonds is 4. The van der Waals surface area contributed by atoms with Crippen molar-refractivity contribution in [2.75, 3.05) is 20.2 Å². The highest BCUT2D eigenvalue weighted by Crippen LogP contribution is 2.22. The number of carbonyl (C=O) groups excluding carboxylic acids is 1. The van der Waals surface area contributed by atoms with Crippen molar-refractivity contribution < 1.29 is 14.3 Å². The average molecular weight is 285 g/mol. The van der Waals surface area contributed by atoms with Gasteiger partial charge < -0.3 is 14.4 Å². The lowest BCUT2D eigenvalue weighted by Crippen LogP contribution is -2.56. The van der Waals surface area contributed by atoms with E-state index >= 15 is 0 Å². The van der Waals surface area contributed by atoms with Crippen molar-refractivity contribution in [1.29, 1.82) is 0 Å². The van der Waals surface area contributed by atoms with Crippen LogP contribution in [0.3, 0.4) is 0 Å². The van der Waals surface area contributed by atoms with Gasteiger partial charge in [-0.2, -0.15) is 0 Å². The first kappa shape index (κ1) is 13.4. The number of hydrogen-bond acceptors (Lipinski definition) is 5. The van der Waals surface area contributed by atoms with E-state index in [1.807, 2.05) is 12.1 Å². The topological polar surface area (TPSA) is 64.5 Å². The van der Waals surface area contributed by atoms with Crippen LogP contribution in [0.1, 0.15) is 10.4 Å². The summed E-state index contributed by atoms with van der Waals surface area (Å²) in [5, 5.41) is 0. The Morgan fingerprint density at radius 1 is 1.29 bits per heavy atom. The third kappa shape index (κ3) is 2.79. The van der Waals surface area contributed by atoms with Gasteiger partial charge in [0, 0.05) is 12.4 Å². The van der Waals surface area contributed by atoms with Crippen LogP contribution in [0.25, 0.3) is 0 Å². The maximum Gasteiger partial charge on any atom is 0.259 e. The van der Waals surface area contributed by atoms with Crippen LogP contribution in [0.5, 0.6) is 11.6 Å². The van der Waals surface area contributed by atoms with Crippen LogP contribution < -0.4 is 9.47 Å². The first-order valence-electron chi connectivity index (χ1n) is 6.63.